The summed E-state index contributed by atoms with van der Waals surface area (Å²) in [6.07, 6.45) is -5.39. The molecule has 0 bridgehead atoms. The summed E-state index contributed by atoms with van der Waals surface area (Å²) in [6.45, 7) is 2.07. The van der Waals surface area contributed by atoms with E-state index in [9.17, 15) is 20.4 Å². The van der Waals surface area contributed by atoms with E-state index in [1.54, 1.807) is 12.1 Å². The maximum Gasteiger partial charge on any atom is 0.119 e. The summed E-state index contributed by atoms with van der Waals surface area (Å²) in [6, 6.07) is 12.9. The van der Waals surface area contributed by atoms with Gasteiger partial charge in [-0.2, -0.15) is 0 Å². The Labute approximate surface area is 168 Å². The minimum absolute atomic E-state index is 0.464. The van der Waals surface area contributed by atoms with Gasteiger partial charge in [0, 0.05) is 5.02 Å². The molecule has 7 heteroatoms. The van der Waals surface area contributed by atoms with E-state index in [2.05, 4.69) is 0 Å². The van der Waals surface area contributed by atoms with Crippen LogP contribution in [-0.4, -0.2) is 58.1 Å². The molecule has 0 spiro atoms. The molecule has 0 radical (unpaired) electrons. The Balaban J connectivity index is 1.82. The molecule has 4 N–H and O–H groups in total. The van der Waals surface area contributed by atoms with Crippen molar-refractivity contribution in [2.45, 2.75) is 43.9 Å². The molecule has 5 atom stereocenters. The van der Waals surface area contributed by atoms with Crippen molar-refractivity contribution in [1.29, 1.82) is 0 Å². The number of benzene rings is 2. The van der Waals surface area contributed by atoms with Crippen LogP contribution in [-0.2, 0) is 11.2 Å². The third-order valence-electron chi connectivity index (χ3n) is 4.92. The summed E-state index contributed by atoms with van der Waals surface area (Å²) < 4.78 is 11.1. The van der Waals surface area contributed by atoms with Crippen LogP contribution in [0.15, 0.2) is 42.5 Å². The zero-order chi connectivity index (χ0) is 20.3. The van der Waals surface area contributed by atoms with Gasteiger partial charge in [0.1, 0.15) is 36.3 Å². The largest absolute Gasteiger partial charge is 0.494 e. The highest BCUT2D eigenvalue weighted by atomic mass is 35.5. The number of hydrogen-bond donors (Lipinski definition) is 4. The normalized spacial score (nSPS) is 27.6. The number of aliphatic hydroxyl groups excluding tert-OH is 4. The first kappa shape index (κ1) is 21.0. The van der Waals surface area contributed by atoms with Crippen LogP contribution < -0.4 is 4.74 Å². The number of ether oxygens (including phenoxy) is 2. The fourth-order valence-electron chi connectivity index (χ4n) is 3.37. The van der Waals surface area contributed by atoms with Crippen molar-refractivity contribution in [3.8, 4) is 5.75 Å². The van der Waals surface area contributed by atoms with Crippen LogP contribution in [0.4, 0.5) is 0 Å². The van der Waals surface area contributed by atoms with Crippen molar-refractivity contribution < 1.29 is 29.9 Å². The summed E-state index contributed by atoms with van der Waals surface area (Å²) in [5, 5.41) is 40.3. The minimum Gasteiger partial charge on any atom is -0.494 e. The number of halogens is 1. The van der Waals surface area contributed by atoms with Crippen molar-refractivity contribution in [2.75, 3.05) is 13.2 Å². The molecule has 2 aromatic carbocycles. The Hall–Kier alpha value is -1.67. The van der Waals surface area contributed by atoms with Crippen molar-refractivity contribution in [1.82, 2.24) is 0 Å². The molecule has 1 heterocycles. The van der Waals surface area contributed by atoms with Gasteiger partial charge in [-0.25, -0.2) is 0 Å². The van der Waals surface area contributed by atoms with Crippen molar-refractivity contribution >= 4 is 11.6 Å². The summed E-state index contributed by atoms with van der Waals surface area (Å²) in [4.78, 5) is 0. The second kappa shape index (κ2) is 9.22. The van der Waals surface area contributed by atoms with E-state index in [1.807, 2.05) is 37.3 Å². The van der Waals surface area contributed by atoms with E-state index in [0.717, 1.165) is 16.9 Å². The highest BCUT2D eigenvalue weighted by Crippen LogP contribution is 2.34. The lowest BCUT2D eigenvalue weighted by molar-refractivity contribution is -0.231. The standard InChI is InChI=1S/C21H25ClO6/c1-2-27-15-6-3-12(4-7-15)9-14-10-13(5-8-16(14)22)21-20(26)19(25)18(24)17(11-23)28-21/h3-8,10,17-21,23-26H,2,9,11H2,1H3/t17?,18-,19?,20-,21+/m1/s1. The van der Waals surface area contributed by atoms with Crippen molar-refractivity contribution in [3.63, 3.8) is 0 Å². The van der Waals surface area contributed by atoms with E-state index in [0.29, 0.717) is 23.6 Å². The molecule has 28 heavy (non-hydrogen) atoms. The van der Waals surface area contributed by atoms with Gasteiger partial charge in [-0.3, -0.25) is 0 Å². The topological polar surface area (TPSA) is 99.4 Å². The van der Waals surface area contributed by atoms with Crippen LogP contribution in [0.2, 0.25) is 5.02 Å². The molecule has 0 aliphatic carbocycles. The smallest absolute Gasteiger partial charge is 0.119 e. The van der Waals surface area contributed by atoms with Gasteiger partial charge in [0.2, 0.25) is 0 Å². The van der Waals surface area contributed by atoms with Crippen LogP contribution in [0.3, 0.4) is 0 Å². The molecule has 0 amide bonds. The van der Waals surface area contributed by atoms with Gasteiger partial charge in [-0.15, -0.1) is 0 Å². The predicted molar refractivity (Wildman–Crippen MR) is 105 cm³/mol. The first-order valence-electron chi connectivity index (χ1n) is 9.25. The number of hydrogen-bond acceptors (Lipinski definition) is 6. The third-order valence-corrected chi connectivity index (χ3v) is 5.29. The molecular formula is C21H25ClO6. The highest BCUT2D eigenvalue weighted by molar-refractivity contribution is 6.31. The Morgan fingerprint density at radius 2 is 1.71 bits per heavy atom. The maximum absolute atomic E-state index is 10.3. The lowest BCUT2D eigenvalue weighted by Crippen LogP contribution is -2.55. The molecule has 2 aromatic rings. The summed E-state index contributed by atoms with van der Waals surface area (Å²) in [7, 11) is 0. The van der Waals surface area contributed by atoms with Crippen molar-refractivity contribution in [2.24, 2.45) is 0 Å². The van der Waals surface area contributed by atoms with Gasteiger partial charge in [-0.05, 0) is 48.2 Å². The van der Waals surface area contributed by atoms with Gasteiger partial charge < -0.3 is 29.9 Å². The van der Waals surface area contributed by atoms with E-state index in [1.165, 1.54) is 0 Å². The number of aliphatic hydroxyl groups is 4. The minimum atomic E-state index is -1.42. The SMILES string of the molecule is CCOc1ccc(Cc2cc([C@@H]3OC(CO)[C@@H](O)C(O)[C@H]3O)ccc2Cl)cc1. The van der Waals surface area contributed by atoms with Crippen LogP contribution in [0, 0.1) is 0 Å². The molecule has 0 saturated carbocycles. The summed E-state index contributed by atoms with van der Waals surface area (Å²) in [5.74, 6) is 0.799. The van der Waals surface area contributed by atoms with Gasteiger partial charge in [0.25, 0.3) is 0 Å². The maximum atomic E-state index is 10.3. The Morgan fingerprint density at radius 3 is 2.36 bits per heavy atom. The fraction of sp³-hybridized carbons (Fsp3) is 0.429. The van der Waals surface area contributed by atoms with Crippen LogP contribution in [0.25, 0.3) is 0 Å². The first-order valence-corrected chi connectivity index (χ1v) is 9.63. The van der Waals surface area contributed by atoms with Crippen molar-refractivity contribution in [3.05, 3.63) is 64.2 Å². The quantitative estimate of drug-likeness (QED) is 0.582. The highest BCUT2D eigenvalue weighted by Gasteiger charge is 2.43. The monoisotopic (exact) mass is 408 g/mol. The second-order valence-electron chi connectivity index (χ2n) is 6.85. The third kappa shape index (κ3) is 4.49. The Morgan fingerprint density at radius 1 is 1.00 bits per heavy atom. The lowest BCUT2D eigenvalue weighted by Gasteiger charge is -2.40. The van der Waals surface area contributed by atoms with Crippen LogP contribution >= 0.6 is 11.6 Å². The van der Waals surface area contributed by atoms with E-state index in [-0.39, 0.29) is 0 Å². The van der Waals surface area contributed by atoms with E-state index < -0.39 is 37.1 Å². The average molecular weight is 409 g/mol. The van der Waals surface area contributed by atoms with Gasteiger partial charge >= 0.3 is 0 Å². The summed E-state index contributed by atoms with van der Waals surface area (Å²) >= 11 is 6.35. The molecular weight excluding hydrogens is 384 g/mol. The van der Waals surface area contributed by atoms with Crippen LogP contribution in [0.1, 0.15) is 29.7 Å². The zero-order valence-corrected chi connectivity index (χ0v) is 16.3. The summed E-state index contributed by atoms with van der Waals surface area (Å²) in [5.41, 5.74) is 2.49. The lowest BCUT2D eigenvalue weighted by atomic mass is 9.90. The van der Waals surface area contributed by atoms with E-state index in [4.69, 9.17) is 21.1 Å². The van der Waals surface area contributed by atoms with Gasteiger partial charge in [0.05, 0.1) is 13.2 Å². The predicted octanol–water partition coefficient (Wildman–Crippen LogP) is 1.84. The molecule has 3 rings (SSSR count). The van der Waals surface area contributed by atoms with Gasteiger partial charge in [-0.1, -0.05) is 35.9 Å². The number of rotatable bonds is 6. The molecule has 2 unspecified atom stereocenters. The second-order valence-corrected chi connectivity index (χ2v) is 7.26. The molecule has 152 valence electrons. The average Bonchev–Trinajstić information content (AvgIpc) is 2.70. The molecule has 1 fully saturated rings. The fourth-order valence-corrected chi connectivity index (χ4v) is 3.56. The molecule has 6 nitrogen and oxygen atoms in total. The molecule has 1 saturated heterocycles. The molecule has 1 aliphatic rings. The first-order chi connectivity index (χ1) is 13.4. The van der Waals surface area contributed by atoms with Gasteiger partial charge in [0.15, 0.2) is 0 Å². The molecule has 1 aliphatic heterocycles. The zero-order valence-electron chi connectivity index (χ0n) is 15.5. The molecule has 0 aromatic heterocycles. The Kier molecular flexibility index (Phi) is 6.93. The Bertz CT molecular complexity index is 779. The van der Waals surface area contributed by atoms with E-state index >= 15 is 0 Å². The van der Waals surface area contributed by atoms with Crippen LogP contribution in [0.5, 0.6) is 5.75 Å².